The zero-order valence-electron chi connectivity index (χ0n) is 10.8. The minimum atomic E-state index is -0.333. The van der Waals surface area contributed by atoms with Crippen molar-refractivity contribution in [3.05, 3.63) is 58.5 Å². The average Bonchev–Trinajstić information content (AvgIpc) is 2.44. The fourth-order valence-corrected chi connectivity index (χ4v) is 1.94. The van der Waals surface area contributed by atoms with Gasteiger partial charge in [-0.3, -0.25) is 4.79 Å². The Balaban J connectivity index is 2.03. The van der Waals surface area contributed by atoms with Crippen LogP contribution in [0.1, 0.15) is 15.9 Å². The van der Waals surface area contributed by atoms with Crippen molar-refractivity contribution in [2.45, 2.75) is 6.54 Å². The molecule has 0 atom stereocenters. The quantitative estimate of drug-likeness (QED) is 0.911. The molecule has 0 radical (unpaired) electrons. The molecule has 0 aliphatic heterocycles. The van der Waals surface area contributed by atoms with Crippen LogP contribution in [0.3, 0.4) is 0 Å². The summed E-state index contributed by atoms with van der Waals surface area (Å²) in [7, 11) is 1.69. The van der Waals surface area contributed by atoms with E-state index in [1.165, 1.54) is 24.4 Å². The summed E-state index contributed by atoms with van der Waals surface area (Å²) in [6, 6.07) is 7.58. The first-order valence-corrected chi connectivity index (χ1v) is 6.34. The third kappa shape index (κ3) is 3.45. The molecule has 20 heavy (non-hydrogen) atoms. The Labute approximate surface area is 121 Å². The third-order valence-electron chi connectivity index (χ3n) is 2.68. The zero-order chi connectivity index (χ0) is 14.5. The van der Waals surface area contributed by atoms with Crippen molar-refractivity contribution in [2.24, 2.45) is 0 Å². The molecule has 2 N–H and O–H groups in total. The Morgan fingerprint density at radius 3 is 2.85 bits per heavy atom. The fourth-order valence-electron chi connectivity index (χ4n) is 1.68. The maximum Gasteiger partial charge on any atom is 0.253 e. The highest BCUT2D eigenvalue weighted by Gasteiger charge is 2.09. The van der Waals surface area contributed by atoms with E-state index in [9.17, 15) is 9.18 Å². The van der Waals surface area contributed by atoms with Gasteiger partial charge in [-0.1, -0.05) is 23.7 Å². The van der Waals surface area contributed by atoms with Crippen molar-refractivity contribution in [1.82, 2.24) is 10.3 Å². The van der Waals surface area contributed by atoms with Crippen molar-refractivity contribution >= 4 is 23.3 Å². The zero-order valence-corrected chi connectivity index (χ0v) is 11.5. The number of nitrogens with one attached hydrogen (secondary N) is 2. The number of rotatable bonds is 4. The number of amides is 1. The number of benzene rings is 1. The van der Waals surface area contributed by atoms with Gasteiger partial charge < -0.3 is 10.6 Å². The average molecular weight is 294 g/mol. The number of anilines is 1. The Kier molecular flexibility index (Phi) is 4.53. The van der Waals surface area contributed by atoms with Crippen molar-refractivity contribution < 1.29 is 9.18 Å². The molecule has 0 spiro atoms. The van der Waals surface area contributed by atoms with E-state index in [-0.39, 0.29) is 18.3 Å². The van der Waals surface area contributed by atoms with Gasteiger partial charge in [0.15, 0.2) is 0 Å². The molecule has 4 nitrogen and oxygen atoms in total. The fraction of sp³-hybridized carbons (Fsp3) is 0.143. The standard InChI is InChI=1S/C14H13ClFN3O/c1-17-13-12(15)6-10(8-18-13)14(20)19-7-9-3-2-4-11(16)5-9/h2-6,8H,7H2,1H3,(H,17,18)(H,19,20). The van der Waals surface area contributed by atoms with Crippen LogP contribution in [0.15, 0.2) is 36.5 Å². The molecule has 2 rings (SSSR count). The van der Waals surface area contributed by atoms with Crippen LogP contribution in [-0.4, -0.2) is 17.9 Å². The van der Waals surface area contributed by atoms with Crippen LogP contribution in [0.4, 0.5) is 10.2 Å². The summed E-state index contributed by atoms with van der Waals surface area (Å²) >= 11 is 5.96. The number of hydrogen-bond donors (Lipinski definition) is 2. The predicted octanol–water partition coefficient (Wildman–Crippen LogP) is 2.85. The normalized spacial score (nSPS) is 10.2. The van der Waals surface area contributed by atoms with Crippen LogP contribution in [0, 0.1) is 5.82 Å². The Bertz CT molecular complexity index is 634. The van der Waals surface area contributed by atoms with Gasteiger partial charge in [0.2, 0.25) is 0 Å². The lowest BCUT2D eigenvalue weighted by atomic mass is 10.2. The first kappa shape index (κ1) is 14.3. The second kappa shape index (κ2) is 6.34. The first-order chi connectivity index (χ1) is 9.60. The Morgan fingerprint density at radius 2 is 2.20 bits per heavy atom. The van der Waals surface area contributed by atoms with E-state index in [2.05, 4.69) is 15.6 Å². The summed E-state index contributed by atoms with van der Waals surface area (Å²) in [5.41, 5.74) is 1.04. The minimum absolute atomic E-state index is 0.238. The smallest absolute Gasteiger partial charge is 0.253 e. The Hall–Kier alpha value is -2.14. The van der Waals surface area contributed by atoms with E-state index in [4.69, 9.17) is 11.6 Å². The second-order valence-electron chi connectivity index (χ2n) is 4.12. The monoisotopic (exact) mass is 293 g/mol. The van der Waals surface area contributed by atoms with Crippen LogP contribution in [0.5, 0.6) is 0 Å². The maximum atomic E-state index is 13.0. The van der Waals surface area contributed by atoms with Crippen LogP contribution in [-0.2, 0) is 6.54 Å². The summed E-state index contributed by atoms with van der Waals surface area (Å²) < 4.78 is 13.0. The molecule has 0 saturated heterocycles. The van der Waals surface area contributed by atoms with Crippen molar-refractivity contribution in [3.63, 3.8) is 0 Å². The number of carbonyl (C=O) groups is 1. The minimum Gasteiger partial charge on any atom is -0.372 e. The predicted molar refractivity (Wildman–Crippen MR) is 76.4 cm³/mol. The van der Waals surface area contributed by atoms with E-state index < -0.39 is 0 Å². The molecule has 0 fully saturated rings. The van der Waals surface area contributed by atoms with Crippen molar-refractivity contribution in [2.75, 3.05) is 12.4 Å². The van der Waals surface area contributed by atoms with Gasteiger partial charge in [-0.05, 0) is 23.8 Å². The molecule has 0 bridgehead atoms. The molecular weight excluding hydrogens is 281 g/mol. The first-order valence-electron chi connectivity index (χ1n) is 5.96. The summed E-state index contributed by atoms with van der Waals surface area (Å²) in [5.74, 6) is -0.139. The lowest BCUT2D eigenvalue weighted by molar-refractivity contribution is 0.0950. The van der Waals surface area contributed by atoms with Crippen LogP contribution in [0.2, 0.25) is 5.02 Å². The number of hydrogen-bond acceptors (Lipinski definition) is 3. The number of nitrogens with zero attached hydrogens (tertiary/aromatic N) is 1. The van der Waals surface area contributed by atoms with Crippen LogP contribution < -0.4 is 10.6 Å². The SMILES string of the molecule is CNc1ncc(C(=O)NCc2cccc(F)c2)cc1Cl. The molecule has 0 aliphatic rings. The molecule has 0 saturated carbocycles. The molecule has 0 aliphatic carbocycles. The third-order valence-corrected chi connectivity index (χ3v) is 2.97. The van der Waals surface area contributed by atoms with E-state index >= 15 is 0 Å². The highest BCUT2D eigenvalue weighted by atomic mass is 35.5. The molecule has 1 amide bonds. The van der Waals surface area contributed by atoms with E-state index in [0.717, 1.165) is 0 Å². The van der Waals surface area contributed by atoms with Gasteiger partial charge in [-0.15, -0.1) is 0 Å². The molecule has 104 valence electrons. The molecule has 2 aromatic rings. The van der Waals surface area contributed by atoms with Gasteiger partial charge in [-0.25, -0.2) is 9.37 Å². The van der Waals surface area contributed by atoms with Gasteiger partial charge in [0, 0.05) is 19.8 Å². The molecule has 1 aromatic carbocycles. The largest absolute Gasteiger partial charge is 0.372 e. The van der Waals surface area contributed by atoms with Crippen molar-refractivity contribution in [3.8, 4) is 0 Å². The molecule has 1 heterocycles. The van der Waals surface area contributed by atoms with Gasteiger partial charge in [0.1, 0.15) is 11.6 Å². The van der Waals surface area contributed by atoms with Gasteiger partial charge in [-0.2, -0.15) is 0 Å². The van der Waals surface area contributed by atoms with Gasteiger partial charge >= 0.3 is 0 Å². The molecular formula is C14H13ClFN3O. The number of carbonyl (C=O) groups excluding carboxylic acids is 1. The van der Waals surface area contributed by atoms with Crippen molar-refractivity contribution in [1.29, 1.82) is 0 Å². The summed E-state index contributed by atoms with van der Waals surface area (Å²) in [6.07, 6.45) is 1.43. The van der Waals surface area contributed by atoms with E-state index in [1.807, 2.05) is 0 Å². The lowest BCUT2D eigenvalue weighted by Gasteiger charge is -2.07. The lowest BCUT2D eigenvalue weighted by Crippen LogP contribution is -2.23. The van der Waals surface area contributed by atoms with E-state index in [1.54, 1.807) is 19.2 Å². The number of pyridine rings is 1. The molecule has 1 aromatic heterocycles. The topological polar surface area (TPSA) is 54.0 Å². The molecule has 0 unspecified atom stereocenters. The summed E-state index contributed by atoms with van der Waals surface area (Å²) in [6.45, 7) is 0.238. The van der Waals surface area contributed by atoms with Crippen LogP contribution >= 0.6 is 11.6 Å². The Morgan fingerprint density at radius 1 is 1.40 bits per heavy atom. The highest BCUT2D eigenvalue weighted by molar-refractivity contribution is 6.33. The summed E-state index contributed by atoms with van der Waals surface area (Å²) in [5, 5.41) is 5.86. The van der Waals surface area contributed by atoms with Gasteiger partial charge in [0.25, 0.3) is 5.91 Å². The number of halogens is 2. The van der Waals surface area contributed by atoms with Gasteiger partial charge in [0.05, 0.1) is 10.6 Å². The maximum absolute atomic E-state index is 13.0. The number of aromatic nitrogens is 1. The summed E-state index contributed by atoms with van der Waals surface area (Å²) in [4.78, 5) is 16.0. The van der Waals surface area contributed by atoms with Crippen LogP contribution in [0.25, 0.3) is 0 Å². The highest BCUT2D eigenvalue weighted by Crippen LogP contribution is 2.19. The van der Waals surface area contributed by atoms with E-state index in [0.29, 0.717) is 22.0 Å². The molecule has 6 heteroatoms. The second-order valence-corrected chi connectivity index (χ2v) is 4.52.